The molecule has 1 aromatic carbocycles. The zero-order valence-electron chi connectivity index (χ0n) is 11.4. The summed E-state index contributed by atoms with van der Waals surface area (Å²) in [6, 6.07) is 5.17. The number of ether oxygens (including phenoxy) is 3. The minimum absolute atomic E-state index is 0.240. The van der Waals surface area contributed by atoms with Gasteiger partial charge in [0.15, 0.2) is 11.5 Å². The molecule has 1 heterocycles. The molecule has 1 fully saturated rings. The number of cyclic esters (lactones) is 1. The fraction of sp³-hybridized carbons (Fsp3) is 0.500. The van der Waals surface area contributed by atoms with Crippen LogP contribution in [-0.2, 0) is 9.53 Å². The SMILES string of the molecule is COc1ccc([C@@H]2OC(=O)[C@H](CO)[C@H]2CO)cc1OC. The smallest absolute Gasteiger partial charge is 0.312 e. The minimum Gasteiger partial charge on any atom is -0.493 e. The highest BCUT2D eigenvalue weighted by molar-refractivity contribution is 5.75. The lowest BCUT2D eigenvalue weighted by Gasteiger charge is -2.19. The van der Waals surface area contributed by atoms with Crippen LogP contribution in [0.1, 0.15) is 11.7 Å². The van der Waals surface area contributed by atoms with Crippen molar-refractivity contribution in [2.24, 2.45) is 11.8 Å². The maximum atomic E-state index is 11.7. The van der Waals surface area contributed by atoms with Crippen molar-refractivity contribution in [3.63, 3.8) is 0 Å². The molecule has 0 bridgehead atoms. The van der Waals surface area contributed by atoms with Gasteiger partial charge in [-0.25, -0.2) is 0 Å². The molecule has 0 saturated carbocycles. The fourth-order valence-corrected chi connectivity index (χ4v) is 2.46. The van der Waals surface area contributed by atoms with Gasteiger partial charge in [-0.05, 0) is 17.7 Å². The van der Waals surface area contributed by atoms with Gasteiger partial charge in [-0.1, -0.05) is 6.07 Å². The Bertz CT molecular complexity index is 487. The van der Waals surface area contributed by atoms with Crippen LogP contribution >= 0.6 is 0 Å². The second kappa shape index (κ2) is 6.11. The number of rotatable bonds is 5. The van der Waals surface area contributed by atoms with Crippen LogP contribution < -0.4 is 9.47 Å². The number of aliphatic hydroxyl groups is 2. The largest absolute Gasteiger partial charge is 0.493 e. The van der Waals surface area contributed by atoms with E-state index in [-0.39, 0.29) is 13.2 Å². The van der Waals surface area contributed by atoms with Crippen molar-refractivity contribution in [3.8, 4) is 11.5 Å². The molecule has 2 rings (SSSR count). The number of methoxy groups -OCH3 is 2. The predicted octanol–water partition coefficient (Wildman–Crippen LogP) is 0.519. The van der Waals surface area contributed by atoms with Crippen molar-refractivity contribution in [2.75, 3.05) is 27.4 Å². The van der Waals surface area contributed by atoms with Gasteiger partial charge in [0.05, 0.1) is 33.4 Å². The summed E-state index contributed by atoms with van der Waals surface area (Å²) in [5.41, 5.74) is 0.700. The van der Waals surface area contributed by atoms with E-state index in [0.717, 1.165) is 0 Å². The monoisotopic (exact) mass is 282 g/mol. The molecule has 6 heteroatoms. The summed E-state index contributed by atoms with van der Waals surface area (Å²) in [4.78, 5) is 11.7. The normalized spacial score (nSPS) is 25.4. The highest BCUT2D eigenvalue weighted by atomic mass is 16.6. The Labute approximate surface area is 116 Å². The van der Waals surface area contributed by atoms with Crippen LogP contribution in [0.4, 0.5) is 0 Å². The summed E-state index contributed by atoms with van der Waals surface area (Å²) in [6.45, 7) is -0.580. The standard InChI is InChI=1S/C14H18O6/c1-18-11-4-3-8(5-12(11)19-2)13-9(6-15)10(7-16)14(17)20-13/h3-5,9-10,13,15-16H,6-7H2,1-2H3/t9-,10-,13+/m1/s1. The Balaban J connectivity index is 2.33. The Morgan fingerprint density at radius 1 is 1.15 bits per heavy atom. The summed E-state index contributed by atoms with van der Waals surface area (Å²) in [6.07, 6.45) is -0.593. The Hall–Kier alpha value is -1.79. The topological polar surface area (TPSA) is 85.2 Å². The number of carbonyl (C=O) groups is 1. The average molecular weight is 282 g/mol. The quantitative estimate of drug-likeness (QED) is 0.766. The maximum absolute atomic E-state index is 11.7. The van der Waals surface area contributed by atoms with Crippen LogP contribution in [0.2, 0.25) is 0 Å². The molecule has 1 aromatic rings. The van der Waals surface area contributed by atoms with Gasteiger partial charge >= 0.3 is 5.97 Å². The zero-order valence-corrected chi connectivity index (χ0v) is 11.4. The third-order valence-electron chi connectivity index (χ3n) is 3.60. The number of hydrogen-bond acceptors (Lipinski definition) is 6. The van der Waals surface area contributed by atoms with Gasteiger partial charge in [0.1, 0.15) is 6.10 Å². The van der Waals surface area contributed by atoms with E-state index in [4.69, 9.17) is 14.2 Å². The molecule has 1 saturated heterocycles. The highest BCUT2D eigenvalue weighted by Gasteiger charge is 2.44. The lowest BCUT2D eigenvalue weighted by atomic mass is 9.88. The van der Waals surface area contributed by atoms with Crippen molar-refractivity contribution in [2.45, 2.75) is 6.10 Å². The van der Waals surface area contributed by atoms with Gasteiger partial charge in [-0.3, -0.25) is 4.79 Å². The van der Waals surface area contributed by atoms with Crippen LogP contribution in [-0.4, -0.2) is 43.6 Å². The Kier molecular flexibility index (Phi) is 4.46. The Morgan fingerprint density at radius 3 is 2.40 bits per heavy atom. The van der Waals surface area contributed by atoms with Crippen molar-refractivity contribution in [1.82, 2.24) is 0 Å². The number of benzene rings is 1. The summed E-state index contributed by atoms with van der Waals surface area (Å²) in [5.74, 6) is -0.569. The second-order valence-corrected chi connectivity index (χ2v) is 4.61. The first-order valence-corrected chi connectivity index (χ1v) is 6.30. The first kappa shape index (κ1) is 14.6. The molecule has 6 nitrogen and oxygen atoms in total. The maximum Gasteiger partial charge on any atom is 0.312 e. The molecule has 0 aliphatic carbocycles. The van der Waals surface area contributed by atoms with Crippen molar-refractivity contribution < 1.29 is 29.2 Å². The van der Waals surface area contributed by atoms with E-state index >= 15 is 0 Å². The first-order valence-electron chi connectivity index (χ1n) is 6.30. The van der Waals surface area contributed by atoms with Gasteiger partial charge in [0.25, 0.3) is 0 Å². The highest BCUT2D eigenvalue weighted by Crippen LogP contribution is 2.41. The molecule has 0 aromatic heterocycles. The number of aliphatic hydroxyl groups excluding tert-OH is 2. The summed E-state index contributed by atoms with van der Waals surface area (Å²) in [7, 11) is 3.05. The number of carbonyl (C=O) groups excluding carboxylic acids is 1. The van der Waals surface area contributed by atoms with Gasteiger partial charge in [0.2, 0.25) is 0 Å². The van der Waals surface area contributed by atoms with Crippen molar-refractivity contribution >= 4 is 5.97 Å². The van der Waals surface area contributed by atoms with E-state index in [1.54, 1.807) is 18.2 Å². The van der Waals surface area contributed by atoms with Crippen molar-refractivity contribution in [3.05, 3.63) is 23.8 Å². The molecule has 2 N–H and O–H groups in total. The second-order valence-electron chi connectivity index (χ2n) is 4.61. The fourth-order valence-electron chi connectivity index (χ4n) is 2.46. The Morgan fingerprint density at radius 2 is 1.85 bits per heavy atom. The van der Waals surface area contributed by atoms with Crippen LogP contribution in [0.25, 0.3) is 0 Å². The lowest BCUT2D eigenvalue weighted by Crippen LogP contribution is -2.23. The van der Waals surface area contributed by atoms with E-state index in [2.05, 4.69) is 0 Å². The third-order valence-corrected chi connectivity index (χ3v) is 3.60. The first-order chi connectivity index (χ1) is 9.65. The van der Waals surface area contributed by atoms with E-state index in [1.807, 2.05) is 0 Å². The average Bonchev–Trinajstić information content (AvgIpc) is 2.82. The van der Waals surface area contributed by atoms with Gasteiger partial charge in [-0.2, -0.15) is 0 Å². The molecule has 0 amide bonds. The predicted molar refractivity (Wildman–Crippen MR) is 69.5 cm³/mol. The van der Waals surface area contributed by atoms with Gasteiger partial charge < -0.3 is 24.4 Å². The minimum atomic E-state index is -0.696. The van der Waals surface area contributed by atoms with Crippen molar-refractivity contribution in [1.29, 1.82) is 0 Å². The van der Waals surface area contributed by atoms with E-state index in [1.165, 1.54) is 14.2 Å². The molecule has 0 radical (unpaired) electrons. The number of hydrogen-bond donors (Lipinski definition) is 2. The molecule has 1 aliphatic heterocycles. The van der Waals surface area contributed by atoms with E-state index < -0.39 is 23.9 Å². The molecule has 3 atom stereocenters. The molecular weight excluding hydrogens is 264 g/mol. The van der Waals surface area contributed by atoms with Crippen LogP contribution in [0.3, 0.4) is 0 Å². The molecular formula is C14H18O6. The van der Waals surface area contributed by atoms with Crippen LogP contribution in [0, 0.1) is 11.8 Å². The molecule has 1 aliphatic rings. The van der Waals surface area contributed by atoms with E-state index in [0.29, 0.717) is 17.1 Å². The molecule has 20 heavy (non-hydrogen) atoms. The summed E-state index contributed by atoms with van der Waals surface area (Å²) >= 11 is 0. The molecule has 110 valence electrons. The van der Waals surface area contributed by atoms with Gasteiger partial charge in [0, 0.05) is 5.92 Å². The van der Waals surface area contributed by atoms with E-state index in [9.17, 15) is 15.0 Å². The lowest BCUT2D eigenvalue weighted by molar-refractivity contribution is -0.145. The van der Waals surface area contributed by atoms with Crippen LogP contribution in [0.15, 0.2) is 18.2 Å². The van der Waals surface area contributed by atoms with Gasteiger partial charge in [-0.15, -0.1) is 0 Å². The number of esters is 1. The summed E-state index contributed by atoms with van der Waals surface area (Å²) in [5, 5.41) is 18.7. The summed E-state index contributed by atoms with van der Waals surface area (Å²) < 4.78 is 15.6. The zero-order chi connectivity index (χ0) is 14.7. The molecule has 0 spiro atoms. The van der Waals surface area contributed by atoms with Crippen LogP contribution in [0.5, 0.6) is 11.5 Å². The third kappa shape index (κ3) is 2.44. The molecule has 0 unspecified atom stereocenters.